The summed E-state index contributed by atoms with van der Waals surface area (Å²) in [6.45, 7) is 6.17. The Morgan fingerprint density at radius 1 is 1.14 bits per heavy atom. The number of aromatic nitrogens is 1. The van der Waals surface area contributed by atoms with Gasteiger partial charge in [0.15, 0.2) is 16.4 Å². The number of carboxylic acids is 1. The first-order valence-electron chi connectivity index (χ1n) is 17.0. The van der Waals surface area contributed by atoms with E-state index in [1.165, 1.54) is 35.9 Å². The molecule has 3 aliphatic rings. The number of rotatable bonds is 12. The third-order valence-electron chi connectivity index (χ3n) is 10.1. The van der Waals surface area contributed by atoms with E-state index >= 15 is 0 Å². The van der Waals surface area contributed by atoms with Crippen LogP contribution in [0.5, 0.6) is 5.75 Å². The van der Waals surface area contributed by atoms with Gasteiger partial charge in [0.05, 0.1) is 34.9 Å². The van der Waals surface area contributed by atoms with Crippen LogP contribution in [0.15, 0.2) is 60.0 Å². The Morgan fingerprint density at radius 2 is 1.88 bits per heavy atom. The lowest BCUT2D eigenvalue weighted by Crippen LogP contribution is -2.62. The van der Waals surface area contributed by atoms with Gasteiger partial charge in [-0.15, -0.1) is 0 Å². The van der Waals surface area contributed by atoms with Crippen LogP contribution in [0.1, 0.15) is 44.2 Å². The summed E-state index contributed by atoms with van der Waals surface area (Å²) in [6, 6.07) is 12.5. The predicted octanol–water partition coefficient (Wildman–Crippen LogP) is 5.63. The molecule has 0 radical (unpaired) electrons. The third-order valence-corrected chi connectivity index (χ3v) is 11.2. The number of nitrogens with one attached hydrogen (secondary N) is 2. The molecule has 10 nitrogen and oxygen atoms in total. The fourth-order valence-corrected chi connectivity index (χ4v) is 8.01. The Bertz CT molecular complexity index is 1900. The van der Waals surface area contributed by atoms with Crippen LogP contribution in [0.2, 0.25) is 0 Å². The molecule has 50 heavy (non-hydrogen) atoms. The van der Waals surface area contributed by atoms with Gasteiger partial charge in [-0.05, 0) is 80.9 Å². The fourth-order valence-electron chi connectivity index (χ4n) is 7.37. The number of hydrogen-bond donors (Lipinski definition) is 3. The zero-order valence-electron chi connectivity index (χ0n) is 28.2. The topological polar surface area (TPSA) is 122 Å². The van der Waals surface area contributed by atoms with Crippen molar-refractivity contribution in [1.29, 1.82) is 0 Å². The molecule has 1 spiro atoms. The van der Waals surface area contributed by atoms with E-state index in [1.807, 2.05) is 24.3 Å². The van der Waals surface area contributed by atoms with Crippen LogP contribution >= 0.6 is 0 Å². The molecule has 0 amide bonds. The van der Waals surface area contributed by atoms with Crippen molar-refractivity contribution in [2.45, 2.75) is 68.0 Å². The number of sulfone groups is 1. The number of alkyl halides is 2. The van der Waals surface area contributed by atoms with E-state index in [1.54, 1.807) is 0 Å². The van der Waals surface area contributed by atoms with Crippen LogP contribution in [-0.2, 0) is 25.9 Å². The van der Waals surface area contributed by atoms with Gasteiger partial charge in [0, 0.05) is 67.2 Å². The number of aliphatic carboxylic acids is 1. The normalized spacial score (nSPS) is 20.8. The molecule has 0 atom stereocenters. The highest BCUT2D eigenvalue weighted by Gasteiger charge is 2.46. The summed E-state index contributed by atoms with van der Waals surface area (Å²) in [5.74, 6) is 1.64. The van der Waals surface area contributed by atoms with Crippen molar-refractivity contribution < 1.29 is 36.6 Å². The van der Waals surface area contributed by atoms with Crippen molar-refractivity contribution in [2.75, 3.05) is 56.3 Å². The number of carbonyl (C=O) groups is 1. The van der Waals surface area contributed by atoms with Crippen LogP contribution < -0.4 is 15.4 Å². The minimum absolute atomic E-state index is 0.0284. The number of likely N-dealkylation sites (tertiary alicyclic amines) is 1. The Kier molecular flexibility index (Phi) is 10.4. The lowest BCUT2D eigenvalue weighted by molar-refractivity contribution is -0.139. The average molecular weight is 711 g/mol. The minimum atomic E-state index is -3.56. The van der Waals surface area contributed by atoms with Gasteiger partial charge in [0.1, 0.15) is 5.75 Å². The monoisotopic (exact) mass is 710 g/mol. The van der Waals surface area contributed by atoms with Crippen molar-refractivity contribution in [3.05, 3.63) is 60.8 Å². The summed E-state index contributed by atoms with van der Waals surface area (Å²) in [5.41, 5.74) is 2.70. The van der Waals surface area contributed by atoms with E-state index in [2.05, 4.69) is 34.0 Å². The van der Waals surface area contributed by atoms with E-state index in [-0.39, 0.29) is 23.2 Å². The molecule has 13 heteroatoms. The quantitative estimate of drug-likeness (QED) is 0.162. The molecule has 268 valence electrons. The van der Waals surface area contributed by atoms with Crippen LogP contribution in [0.3, 0.4) is 0 Å². The molecule has 0 unspecified atom stereocenters. The fraction of sp³-hybridized carbons (Fsp3) is 0.486. The van der Waals surface area contributed by atoms with E-state index in [0.717, 1.165) is 69.1 Å². The van der Waals surface area contributed by atoms with Crippen LogP contribution in [0.25, 0.3) is 10.9 Å². The second-order valence-corrected chi connectivity index (χ2v) is 15.8. The van der Waals surface area contributed by atoms with Crippen molar-refractivity contribution in [3.8, 4) is 17.6 Å². The average Bonchev–Trinajstić information content (AvgIpc) is 3.42. The summed E-state index contributed by atoms with van der Waals surface area (Å²) < 4.78 is 65.9. The number of hydrogen-bond acceptors (Lipinski definition) is 8. The number of nitrogens with zero attached hydrogens (tertiary/aromatic N) is 2. The standard InChI is InChI=1S/C37H44F2N4O6S/c1-3-37(38,39)25-43-28(6-5-17-40-32-14-13-29(50(2,46)47)21-34(32)49-22-35(44)45)20-30-31(7-4-8-33(30)43)41-26-9-11-27(12-10-26)42-23-36(24-42)15-18-48-19-16-36/h3-4,7-8,13-14,20-21,26-27,40-41H,1,9-12,15-19,22-25H2,2H3,(H,44,45)/t26-,27+. The maximum absolute atomic E-state index is 14.7. The first kappa shape index (κ1) is 35.7. The molecule has 3 fully saturated rings. The summed E-state index contributed by atoms with van der Waals surface area (Å²) in [7, 11) is -3.56. The zero-order valence-corrected chi connectivity index (χ0v) is 29.0. The van der Waals surface area contributed by atoms with Gasteiger partial charge in [0.2, 0.25) is 0 Å². The Balaban J connectivity index is 1.16. The number of allylic oxidation sites excluding steroid dienone is 1. The highest BCUT2D eigenvalue weighted by molar-refractivity contribution is 7.90. The largest absolute Gasteiger partial charge is 0.480 e. The van der Waals surface area contributed by atoms with Gasteiger partial charge >= 0.3 is 5.97 Å². The molecule has 6 rings (SSSR count). The van der Waals surface area contributed by atoms with E-state index in [0.29, 0.717) is 34.4 Å². The number of benzene rings is 2. The second kappa shape index (κ2) is 14.6. The third kappa shape index (κ3) is 8.25. The molecule has 1 saturated carbocycles. The Labute approximate surface area is 291 Å². The Morgan fingerprint density at radius 3 is 2.56 bits per heavy atom. The van der Waals surface area contributed by atoms with E-state index < -0.39 is 34.9 Å². The molecular formula is C37H44F2N4O6S. The summed E-state index contributed by atoms with van der Waals surface area (Å²) >= 11 is 0. The lowest BCUT2D eigenvalue weighted by atomic mass is 9.71. The van der Waals surface area contributed by atoms with Gasteiger partial charge in [-0.3, -0.25) is 4.90 Å². The number of fused-ring (bicyclic) bond motifs is 1. The van der Waals surface area contributed by atoms with Crippen molar-refractivity contribution >= 4 is 38.1 Å². The van der Waals surface area contributed by atoms with Crippen molar-refractivity contribution in [3.63, 3.8) is 0 Å². The predicted molar refractivity (Wildman–Crippen MR) is 189 cm³/mol. The molecule has 1 aromatic heterocycles. The van der Waals surface area contributed by atoms with Gasteiger partial charge < -0.3 is 29.8 Å². The zero-order chi connectivity index (χ0) is 35.5. The molecule has 3 heterocycles. The minimum Gasteiger partial charge on any atom is -0.480 e. The van der Waals surface area contributed by atoms with Crippen molar-refractivity contribution in [1.82, 2.24) is 9.47 Å². The number of carboxylic acid groups (broad SMARTS) is 1. The van der Waals surface area contributed by atoms with Crippen LogP contribution in [-0.4, -0.2) is 92.7 Å². The molecule has 3 N–H and O–H groups in total. The molecule has 3 aromatic rings. The Hall–Kier alpha value is -4.12. The van der Waals surface area contributed by atoms with E-state index in [4.69, 9.17) is 14.6 Å². The second-order valence-electron chi connectivity index (χ2n) is 13.8. The van der Waals surface area contributed by atoms with Crippen LogP contribution in [0.4, 0.5) is 20.2 Å². The summed E-state index contributed by atoms with van der Waals surface area (Å²) in [5, 5.41) is 16.6. The lowest BCUT2D eigenvalue weighted by Gasteiger charge is -2.56. The smallest absolute Gasteiger partial charge is 0.341 e. The van der Waals surface area contributed by atoms with Crippen molar-refractivity contribution in [2.24, 2.45) is 5.41 Å². The number of anilines is 2. The first-order chi connectivity index (χ1) is 23.8. The highest BCUT2D eigenvalue weighted by Crippen LogP contribution is 2.43. The molecule has 0 bridgehead atoms. The van der Waals surface area contributed by atoms with Gasteiger partial charge in [-0.2, -0.15) is 0 Å². The molecule has 2 aromatic carbocycles. The van der Waals surface area contributed by atoms with Gasteiger partial charge in [-0.25, -0.2) is 22.0 Å². The molecular weight excluding hydrogens is 666 g/mol. The number of halogens is 2. The van der Waals surface area contributed by atoms with Gasteiger partial charge in [-0.1, -0.05) is 18.6 Å². The molecule has 2 saturated heterocycles. The van der Waals surface area contributed by atoms with E-state index in [9.17, 15) is 22.0 Å². The molecule has 1 aliphatic carbocycles. The first-order valence-corrected chi connectivity index (χ1v) is 18.9. The number of ether oxygens (including phenoxy) is 2. The maximum atomic E-state index is 14.7. The maximum Gasteiger partial charge on any atom is 0.341 e. The molecule has 2 aliphatic heterocycles. The highest BCUT2D eigenvalue weighted by atomic mass is 32.2. The van der Waals surface area contributed by atoms with Gasteiger partial charge in [0.25, 0.3) is 5.92 Å². The summed E-state index contributed by atoms with van der Waals surface area (Å²) in [4.78, 5) is 13.7. The van der Waals surface area contributed by atoms with Crippen LogP contribution in [0, 0.1) is 17.3 Å². The SMILES string of the molecule is C=CC(F)(F)Cn1c(C#CCNc2ccc(S(C)(=O)=O)cc2OCC(=O)O)cc2c(N[C@H]3CC[C@@H](N4CC5(CCOCC5)C4)CC3)cccc21. The summed E-state index contributed by atoms with van der Waals surface area (Å²) in [6.07, 6.45) is 8.31.